The zero-order valence-electron chi connectivity index (χ0n) is 11.4. The van der Waals surface area contributed by atoms with Crippen LogP contribution < -0.4 is 0 Å². The third-order valence-electron chi connectivity index (χ3n) is 3.62. The van der Waals surface area contributed by atoms with Crippen LogP contribution in [0.5, 0.6) is 0 Å². The van der Waals surface area contributed by atoms with Gasteiger partial charge in [-0.2, -0.15) is 0 Å². The van der Waals surface area contributed by atoms with Crippen molar-refractivity contribution < 1.29 is 19.8 Å². The van der Waals surface area contributed by atoms with E-state index in [0.29, 0.717) is 17.0 Å². The summed E-state index contributed by atoms with van der Waals surface area (Å²) in [6.45, 7) is -0.516. The number of aromatic nitrogens is 1. The minimum atomic E-state index is -0.353. The molecule has 0 atom stereocenters. The molecule has 6 nitrogen and oxygen atoms in total. The van der Waals surface area contributed by atoms with Crippen LogP contribution >= 0.6 is 0 Å². The molecule has 0 saturated heterocycles. The van der Waals surface area contributed by atoms with Crippen LogP contribution in [0.2, 0.25) is 0 Å². The van der Waals surface area contributed by atoms with Crippen molar-refractivity contribution >= 4 is 17.6 Å². The fourth-order valence-corrected chi connectivity index (χ4v) is 2.60. The Hall–Kier alpha value is -2.44. The van der Waals surface area contributed by atoms with Crippen LogP contribution in [0.1, 0.15) is 32.1 Å². The van der Waals surface area contributed by atoms with Crippen LogP contribution in [0.25, 0.3) is 6.08 Å². The smallest absolute Gasteiger partial charge is 0.212 e. The van der Waals surface area contributed by atoms with Crippen LogP contribution in [0.3, 0.4) is 0 Å². The first-order chi connectivity index (χ1) is 10.1. The molecular weight excluding hydrogens is 272 g/mol. The lowest BCUT2D eigenvalue weighted by molar-refractivity contribution is 0.0966. The van der Waals surface area contributed by atoms with Gasteiger partial charge in [-0.25, -0.2) is 0 Å². The van der Waals surface area contributed by atoms with E-state index in [0.717, 1.165) is 0 Å². The Morgan fingerprint density at radius 3 is 2.52 bits per heavy atom. The van der Waals surface area contributed by atoms with Gasteiger partial charge in [-0.15, -0.1) is 0 Å². The average Bonchev–Trinajstić information content (AvgIpc) is 3.25. The van der Waals surface area contributed by atoms with Gasteiger partial charge in [0.25, 0.3) is 0 Å². The van der Waals surface area contributed by atoms with Gasteiger partial charge in [-0.05, 0) is 6.08 Å². The number of ketones is 2. The molecule has 0 fully saturated rings. The number of carbonyl (C=O) groups excluding carboxylic acids is 2. The summed E-state index contributed by atoms with van der Waals surface area (Å²) in [7, 11) is 1.66. The van der Waals surface area contributed by atoms with Crippen LogP contribution in [0.15, 0.2) is 30.2 Å². The summed E-state index contributed by atoms with van der Waals surface area (Å²) in [6.07, 6.45) is 7.78. The molecule has 21 heavy (non-hydrogen) atoms. The van der Waals surface area contributed by atoms with Gasteiger partial charge in [0, 0.05) is 36.8 Å². The maximum absolute atomic E-state index is 12.6. The lowest BCUT2D eigenvalue weighted by Gasteiger charge is -2.14. The molecular formula is C15H14N2O4. The van der Waals surface area contributed by atoms with Crippen molar-refractivity contribution in [3.63, 3.8) is 0 Å². The third-order valence-corrected chi connectivity index (χ3v) is 3.62. The quantitative estimate of drug-likeness (QED) is 0.845. The number of nitrogens with zero attached hydrogens (tertiary/aromatic N) is 2. The Morgan fingerprint density at radius 1 is 1.24 bits per heavy atom. The lowest BCUT2D eigenvalue weighted by atomic mass is 9.95. The number of fused-ring (bicyclic) bond motifs is 1. The normalized spacial score (nSPS) is 16.7. The predicted octanol–water partition coefficient (Wildman–Crippen LogP) is 0.573. The number of rotatable bonds is 4. The Morgan fingerprint density at radius 2 is 1.95 bits per heavy atom. The van der Waals surface area contributed by atoms with Crippen LogP contribution in [0, 0.1) is 0 Å². The standard InChI is InChI=1S/C15H14N2O4/c1-16-10(3-2-6-18)9(8-19)13-14(16)12(20)7-11(15(13)21)17-4-5-17/h2-5,7,18-19H,6,8H2,1H3/b3-2+. The van der Waals surface area contributed by atoms with Crippen molar-refractivity contribution in [2.24, 2.45) is 7.05 Å². The molecule has 3 rings (SSSR count). The topological polar surface area (TPSA) is 82.5 Å². The van der Waals surface area contributed by atoms with E-state index in [-0.39, 0.29) is 36.0 Å². The molecule has 0 saturated carbocycles. The molecule has 0 aromatic carbocycles. The number of carbonyl (C=O) groups is 2. The monoisotopic (exact) mass is 286 g/mol. The summed E-state index contributed by atoms with van der Waals surface area (Å²) in [5.74, 6) is -0.549. The van der Waals surface area contributed by atoms with Gasteiger partial charge >= 0.3 is 0 Å². The van der Waals surface area contributed by atoms with Gasteiger partial charge in [-0.1, -0.05) is 6.08 Å². The first kappa shape index (κ1) is 13.5. The second-order valence-corrected chi connectivity index (χ2v) is 4.82. The van der Waals surface area contributed by atoms with Crippen molar-refractivity contribution in [1.82, 2.24) is 9.47 Å². The minimum absolute atomic E-state index is 0.163. The van der Waals surface area contributed by atoms with E-state index >= 15 is 0 Å². The molecule has 1 aliphatic carbocycles. The predicted molar refractivity (Wildman–Crippen MR) is 75.2 cm³/mol. The van der Waals surface area contributed by atoms with E-state index in [1.807, 2.05) is 0 Å². The van der Waals surface area contributed by atoms with Gasteiger partial charge in [0.05, 0.1) is 24.5 Å². The first-order valence-corrected chi connectivity index (χ1v) is 6.47. The highest BCUT2D eigenvalue weighted by Crippen LogP contribution is 2.33. The van der Waals surface area contributed by atoms with E-state index in [9.17, 15) is 14.7 Å². The summed E-state index contributed by atoms with van der Waals surface area (Å²) in [4.78, 5) is 26.4. The van der Waals surface area contributed by atoms with Gasteiger partial charge in [0.2, 0.25) is 11.6 Å². The minimum Gasteiger partial charge on any atom is -0.392 e. The Labute approximate surface area is 120 Å². The van der Waals surface area contributed by atoms with Crippen molar-refractivity contribution in [1.29, 1.82) is 0 Å². The molecule has 0 radical (unpaired) electrons. The number of hydrogen-bond acceptors (Lipinski definition) is 5. The van der Waals surface area contributed by atoms with Gasteiger partial charge in [-0.3, -0.25) is 9.59 Å². The summed E-state index contributed by atoms with van der Waals surface area (Å²) < 4.78 is 1.58. The summed E-state index contributed by atoms with van der Waals surface area (Å²) in [5.41, 5.74) is 1.76. The zero-order valence-corrected chi connectivity index (χ0v) is 11.4. The number of hydrogen-bond donors (Lipinski definition) is 2. The second-order valence-electron chi connectivity index (χ2n) is 4.82. The van der Waals surface area contributed by atoms with E-state index in [4.69, 9.17) is 5.11 Å². The number of Topliss-reactive ketones (excluding diaryl/α,β-unsaturated/α-hetero) is 1. The summed E-state index contributed by atoms with van der Waals surface area (Å²) in [5, 5.41) is 18.5. The molecule has 2 aliphatic rings. The van der Waals surface area contributed by atoms with Gasteiger partial charge < -0.3 is 19.7 Å². The maximum atomic E-state index is 12.6. The zero-order chi connectivity index (χ0) is 15.1. The fraction of sp³-hybridized carbons (Fsp3) is 0.200. The van der Waals surface area contributed by atoms with Crippen LogP contribution in [0.4, 0.5) is 0 Å². The van der Waals surface area contributed by atoms with Crippen LogP contribution in [-0.4, -0.2) is 37.9 Å². The SMILES string of the molecule is Cn1c(/C=C/CO)c(CO)c2c1C(=O)C=C(N1C=C1)C2=O. The Balaban J connectivity index is 2.19. The van der Waals surface area contributed by atoms with Crippen molar-refractivity contribution in [2.45, 2.75) is 6.61 Å². The average molecular weight is 286 g/mol. The highest BCUT2D eigenvalue weighted by Gasteiger charge is 2.36. The van der Waals surface area contributed by atoms with Crippen molar-refractivity contribution in [3.05, 3.63) is 52.8 Å². The van der Waals surface area contributed by atoms with Crippen molar-refractivity contribution in [3.8, 4) is 0 Å². The summed E-state index contributed by atoms with van der Waals surface area (Å²) >= 11 is 0. The third kappa shape index (κ3) is 1.96. The Bertz CT molecular complexity index is 731. The molecule has 0 unspecified atom stereocenters. The lowest BCUT2D eigenvalue weighted by Crippen LogP contribution is -2.22. The fourth-order valence-electron chi connectivity index (χ4n) is 2.60. The number of aliphatic hydroxyl groups is 2. The molecule has 6 heteroatoms. The van der Waals surface area contributed by atoms with Gasteiger partial charge in [0.1, 0.15) is 5.69 Å². The van der Waals surface area contributed by atoms with Crippen molar-refractivity contribution in [2.75, 3.05) is 6.61 Å². The summed E-state index contributed by atoms with van der Waals surface area (Å²) in [6, 6.07) is 0. The van der Waals surface area contributed by atoms with E-state index in [1.165, 1.54) is 12.2 Å². The highest BCUT2D eigenvalue weighted by atomic mass is 16.3. The molecule has 2 heterocycles. The van der Waals surface area contributed by atoms with E-state index in [1.54, 1.807) is 35.0 Å². The van der Waals surface area contributed by atoms with Crippen LogP contribution in [-0.2, 0) is 13.7 Å². The van der Waals surface area contributed by atoms with E-state index in [2.05, 4.69) is 0 Å². The molecule has 0 bridgehead atoms. The largest absolute Gasteiger partial charge is 0.392 e. The number of aliphatic hydroxyl groups excluding tert-OH is 2. The molecule has 0 amide bonds. The second kappa shape index (κ2) is 4.83. The molecule has 1 aromatic heterocycles. The molecule has 1 aromatic rings. The molecule has 0 spiro atoms. The molecule has 108 valence electrons. The molecule has 1 aliphatic heterocycles. The molecule has 2 N–H and O–H groups in total. The van der Waals surface area contributed by atoms with E-state index < -0.39 is 0 Å². The maximum Gasteiger partial charge on any atom is 0.212 e. The first-order valence-electron chi connectivity index (χ1n) is 6.47. The highest BCUT2D eigenvalue weighted by molar-refractivity contribution is 6.25. The number of allylic oxidation sites excluding steroid dienone is 2. The Kier molecular flexibility index (Phi) is 3.12. The van der Waals surface area contributed by atoms with Gasteiger partial charge in [0.15, 0.2) is 0 Å².